The van der Waals surface area contributed by atoms with Crippen molar-refractivity contribution >= 4 is 17.4 Å². The number of carbonyl (C=O) groups is 1. The molecule has 1 aromatic heterocycles. The van der Waals surface area contributed by atoms with E-state index >= 15 is 0 Å². The van der Waals surface area contributed by atoms with Crippen LogP contribution in [0.5, 0.6) is 5.75 Å². The molecule has 1 aromatic carbocycles. The first-order valence-corrected chi connectivity index (χ1v) is 6.51. The summed E-state index contributed by atoms with van der Waals surface area (Å²) in [4.78, 5) is 16.1. The quantitative estimate of drug-likeness (QED) is 0.762. The lowest BCUT2D eigenvalue weighted by atomic mass is 10.3. The van der Waals surface area contributed by atoms with Crippen molar-refractivity contribution in [1.82, 2.24) is 9.55 Å². The highest BCUT2D eigenvalue weighted by Gasteiger charge is 2.13. The standard InChI is InChI=1S/C14H15ClN2O2/c1-2-8-17-9-7-16-14(17)13(18)10-19-12-5-3-11(15)4-6-12/h3-7,9H,2,8,10H2,1H3. The van der Waals surface area contributed by atoms with Gasteiger partial charge in [-0.2, -0.15) is 0 Å². The van der Waals surface area contributed by atoms with Gasteiger partial charge < -0.3 is 9.30 Å². The number of aromatic nitrogens is 2. The number of ether oxygens (including phenoxy) is 1. The first kappa shape index (κ1) is 13.6. The van der Waals surface area contributed by atoms with Gasteiger partial charge in [-0.25, -0.2) is 4.98 Å². The number of aryl methyl sites for hydroxylation is 1. The third-order valence-electron chi connectivity index (χ3n) is 2.61. The van der Waals surface area contributed by atoms with Gasteiger partial charge in [0.2, 0.25) is 5.78 Å². The third-order valence-corrected chi connectivity index (χ3v) is 2.86. The van der Waals surface area contributed by atoms with E-state index in [2.05, 4.69) is 11.9 Å². The van der Waals surface area contributed by atoms with E-state index in [1.165, 1.54) is 0 Å². The Bertz CT molecular complexity index is 549. The summed E-state index contributed by atoms with van der Waals surface area (Å²) < 4.78 is 7.26. The van der Waals surface area contributed by atoms with E-state index in [1.54, 1.807) is 36.7 Å². The number of rotatable bonds is 6. The highest BCUT2D eigenvalue weighted by atomic mass is 35.5. The minimum atomic E-state index is -0.131. The molecule has 0 aliphatic rings. The van der Waals surface area contributed by atoms with Crippen LogP contribution >= 0.6 is 11.6 Å². The second-order valence-electron chi connectivity index (χ2n) is 4.11. The Kier molecular flexibility index (Phi) is 4.58. The van der Waals surface area contributed by atoms with Crippen LogP contribution in [0.2, 0.25) is 5.02 Å². The smallest absolute Gasteiger partial charge is 0.235 e. The van der Waals surface area contributed by atoms with E-state index in [-0.39, 0.29) is 12.4 Å². The van der Waals surface area contributed by atoms with Crippen molar-refractivity contribution in [1.29, 1.82) is 0 Å². The Morgan fingerprint density at radius 3 is 2.79 bits per heavy atom. The van der Waals surface area contributed by atoms with Crippen molar-refractivity contribution in [3.05, 3.63) is 47.5 Å². The number of carbonyl (C=O) groups excluding carboxylic acids is 1. The Morgan fingerprint density at radius 1 is 1.37 bits per heavy atom. The van der Waals surface area contributed by atoms with Gasteiger partial charge in [0.15, 0.2) is 12.4 Å². The molecule has 0 saturated heterocycles. The Hall–Kier alpha value is -1.81. The second-order valence-corrected chi connectivity index (χ2v) is 4.55. The van der Waals surface area contributed by atoms with Gasteiger partial charge in [-0.05, 0) is 30.7 Å². The molecule has 0 radical (unpaired) electrons. The highest BCUT2D eigenvalue weighted by molar-refractivity contribution is 6.30. The molecule has 0 bridgehead atoms. The average Bonchev–Trinajstić information content (AvgIpc) is 2.86. The zero-order valence-electron chi connectivity index (χ0n) is 10.7. The molecule has 0 spiro atoms. The first-order chi connectivity index (χ1) is 9.20. The number of benzene rings is 1. The van der Waals surface area contributed by atoms with Crippen LogP contribution in [0.25, 0.3) is 0 Å². The van der Waals surface area contributed by atoms with E-state index in [4.69, 9.17) is 16.3 Å². The molecular formula is C14H15ClN2O2. The molecule has 0 aliphatic heterocycles. The summed E-state index contributed by atoms with van der Waals surface area (Å²) in [5.74, 6) is 0.926. The lowest BCUT2D eigenvalue weighted by molar-refractivity contribution is 0.0906. The molecule has 0 fully saturated rings. The fourth-order valence-electron chi connectivity index (χ4n) is 1.73. The van der Waals surface area contributed by atoms with Crippen LogP contribution in [0.15, 0.2) is 36.7 Å². The molecular weight excluding hydrogens is 264 g/mol. The maximum absolute atomic E-state index is 12.0. The zero-order valence-corrected chi connectivity index (χ0v) is 11.4. The number of Topliss-reactive ketones (excluding diaryl/α,β-unsaturated/α-hetero) is 1. The molecule has 19 heavy (non-hydrogen) atoms. The maximum Gasteiger partial charge on any atom is 0.235 e. The van der Waals surface area contributed by atoms with E-state index in [9.17, 15) is 4.79 Å². The zero-order chi connectivity index (χ0) is 13.7. The molecule has 2 aromatic rings. The largest absolute Gasteiger partial charge is 0.485 e. The number of hydrogen-bond donors (Lipinski definition) is 0. The van der Waals surface area contributed by atoms with E-state index in [1.807, 2.05) is 4.57 Å². The van der Waals surface area contributed by atoms with Crippen molar-refractivity contribution in [3.63, 3.8) is 0 Å². The SMILES string of the molecule is CCCn1ccnc1C(=O)COc1ccc(Cl)cc1. The molecule has 2 rings (SSSR count). The molecule has 100 valence electrons. The summed E-state index contributed by atoms with van der Waals surface area (Å²) in [6, 6.07) is 6.90. The van der Waals surface area contributed by atoms with Gasteiger partial charge in [-0.15, -0.1) is 0 Å². The minimum Gasteiger partial charge on any atom is -0.485 e. The Morgan fingerprint density at radius 2 is 2.11 bits per heavy atom. The molecule has 0 saturated carbocycles. The molecule has 0 unspecified atom stereocenters. The van der Waals surface area contributed by atoms with Crippen molar-refractivity contribution < 1.29 is 9.53 Å². The Labute approximate surface area is 117 Å². The van der Waals surface area contributed by atoms with Crippen LogP contribution in [-0.4, -0.2) is 21.9 Å². The van der Waals surface area contributed by atoms with Crippen molar-refractivity contribution in [3.8, 4) is 5.75 Å². The molecule has 0 aliphatic carbocycles. The van der Waals surface area contributed by atoms with E-state index < -0.39 is 0 Å². The van der Waals surface area contributed by atoms with Gasteiger partial charge >= 0.3 is 0 Å². The lowest BCUT2D eigenvalue weighted by Gasteiger charge is -2.07. The number of ketones is 1. The van der Waals surface area contributed by atoms with E-state index in [0.29, 0.717) is 16.6 Å². The molecule has 0 amide bonds. The van der Waals surface area contributed by atoms with Crippen LogP contribution in [0.1, 0.15) is 24.0 Å². The van der Waals surface area contributed by atoms with Gasteiger partial charge in [-0.1, -0.05) is 18.5 Å². The summed E-state index contributed by atoms with van der Waals surface area (Å²) >= 11 is 5.78. The molecule has 0 N–H and O–H groups in total. The highest BCUT2D eigenvalue weighted by Crippen LogP contribution is 2.15. The van der Waals surface area contributed by atoms with Gasteiger partial charge in [0.25, 0.3) is 0 Å². The van der Waals surface area contributed by atoms with Crippen LogP contribution < -0.4 is 4.74 Å². The lowest BCUT2D eigenvalue weighted by Crippen LogP contribution is -2.17. The van der Waals surface area contributed by atoms with Crippen molar-refractivity contribution in [2.24, 2.45) is 0 Å². The third kappa shape index (κ3) is 3.58. The van der Waals surface area contributed by atoms with E-state index in [0.717, 1.165) is 13.0 Å². The monoisotopic (exact) mass is 278 g/mol. The van der Waals surface area contributed by atoms with Gasteiger partial charge in [0, 0.05) is 24.0 Å². The molecule has 4 nitrogen and oxygen atoms in total. The molecule has 1 heterocycles. The summed E-state index contributed by atoms with van der Waals surface area (Å²) in [6.07, 6.45) is 4.39. The van der Waals surface area contributed by atoms with Crippen LogP contribution in [-0.2, 0) is 6.54 Å². The van der Waals surface area contributed by atoms with Crippen LogP contribution in [0, 0.1) is 0 Å². The van der Waals surface area contributed by atoms with Gasteiger partial charge in [0.05, 0.1) is 0 Å². The van der Waals surface area contributed by atoms with Crippen molar-refractivity contribution in [2.45, 2.75) is 19.9 Å². The molecule has 0 atom stereocenters. The number of imidazole rings is 1. The second kappa shape index (κ2) is 6.38. The minimum absolute atomic E-state index is 0.0254. The van der Waals surface area contributed by atoms with Gasteiger partial charge in [-0.3, -0.25) is 4.79 Å². The van der Waals surface area contributed by atoms with Crippen LogP contribution in [0.3, 0.4) is 0 Å². The first-order valence-electron chi connectivity index (χ1n) is 6.13. The predicted octanol–water partition coefficient (Wildman–Crippen LogP) is 3.21. The average molecular weight is 279 g/mol. The normalized spacial score (nSPS) is 10.4. The van der Waals surface area contributed by atoms with Gasteiger partial charge in [0.1, 0.15) is 5.75 Å². The summed E-state index contributed by atoms with van der Waals surface area (Å²) in [5.41, 5.74) is 0. The van der Waals surface area contributed by atoms with Crippen molar-refractivity contribution in [2.75, 3.05) is 6.61 Å². The fourth-order valence-corrected chi connectivity index (χ4v) is 1.85. The van der Waals surface area contributed by atoms with Crippen LogP contribution in [0.4, 0.5) is 0 Å². The fraction of sp³-hybridized carbons (Fsp3) is 0.286. The summed E-state index contributed by atoms with van der Waals surface area (Å²) in [5, 5.41) is 0.636. The molecule has 5 heteroatoms. The predicted molar refractivity (Wildman–Crippen MR) is 73.8 cm³/mol. The topological polar surface area (TPSA) is 44.1 Å². The summed E-state index contributed by atoms with van der Waals surface area (Å²) in [7, 11) is 0. The summed E-state index contributed by atoms with van der Waals surface area (Å²) in [6.45, 7) is 2.81. The number of hydrogen-bond acceptors (Lipinski definition) is 3. The maximum atomic E-state index is 12.0. The number of halogens is 1. The Balaban J connectivity index is 1.97. The number of nitrogens with zero attached hydrogens (tertiary/aromatic N) is 2.